The van der Waals surface area contributed by atoms with E-state index in [1.54, 1.807) is 6.07 Å². The fraction of sp³-hybridized carbons (Fsp3) is 0.308. The number of hydrogen-bond acceptors (Lipinski definition) is 2. The lowest BCUT2D eigenvalue weighted by Gasteiger charge is -2.14. The first kappa shape index (κ1) is 12.3. The summed E-state index contributed by atoms with van der Waals surface area (Å²) in [6.45, 7) is 0. The highest BCUT2D eigenvalue weighted by Gasteiger charge is 2.22. The third-order valence-electron chi connectivity index (χ3n) is 3.38. The summed E-state index contributed by atoms with van der Waals surface area (Å²) in [5, 5.41) is 5.58. The Kier molecular flexibility index (Phi) is 3.05. The first-order chi connectivity index (χ1) is 8.63. The quantitative estimate of drug-likeness (QED) is 0.771. The molecule has 0 saturated heterocycles. The number of aryl methyl sites for hydroxylation is 1. The van der Waals surface area contributed by atoms with Gasteiger partial charge in [0.25, 0.3) is 0 Å². The molecule has 0 unspecified atom stereocenters. The summed E-state index contributed by atoms with van der Waals surface area (Å²) in [6.07, 6.45) is 3.14. The molecule has 1 aliphatic rings. The molecule has 0 fully saturated rings. The molecule has 18 heavy (non-hydrogen) atoms. The van der Waals surface area contributed by atoms with Gasteiger partial charge in [0.05, 0.1) is 20.6 Å². The van der Waals surface area contributed by atoms with E-state index in [0.717, 1.165) is 41.5 Å². The van der Waals surface area contributed by atoms with E-state index in [2.05, 4.69) is 10.3 Å². The monoisotopic (exact) mass is 300 g/mol. The van der Waals surface area contributed by atoms with Crippen LogP contribution in [0.1, 0.15) is 17.7 Å². The highest BCUT2D eigenvalue weighted by Crippen LogP contribution is 2.42. The summed E-state index contributed by atoms with van der Waals surface area (Å²) in [5.74, 6) is 0. The fourth-order valence-electron chi connectivity index (χ4n) is 2.61. The average Bonchev–Trinajstić information content (AvgIpc) is 2.81. The van der Waals surface area contributed by atoms with Crippen molar-refractivity contribution in [3.63, 3.8) is 0 Å². The summed E-state index contributed by atoms with van der Waals surface area (Å²) in [4.78, 5) is 4.65. The van der Waals surface area contributed by atoms with Gasteiger partial charge in [0, 0.05) is 23.8 Å². The molecular weight excluding hydrogens is 291 g/mol. The molecule has 3 rings (SSSR count). The maximum absolute atomic E-state index is 6.31. The van der Waals surface area contributed by atoms with Gasteiger partial charge in [-0.05, 0) is 30.9 Å². The smallest absolute Gasteiger partial charge is 0.0928 e. The van der Waals surface area contributed by atoms with E-state index in [1.807, 2.05) is 7.05 Å². The predicted molar refractivity (Wildman–Crippen MR) is 78.3 cm³/mol. The Morgan fingerprint density at radius 1 is 1.17 bits per heavy atom. The van der Waals surface area contributed by atoms with E-state index in [4.69, 9.17) is 34.8 Å². The third-order valence-corrected chi connectivity index (χ3v) is 4.46. The molecule has 0 amide bonds. The molecule has 94 valence electrons. The Balaban J connectivity index is 2.51. The standard InChI is InChI=1S/C13H11Cl3N2/c1-17-12-6-3-2-4-9(6)18-13-8(15)5-7(14)11(16)10(12)13/h5H,2-4H2,1H3,(H,17,18). The number of halogens is 3. The largest absolute Gasteiger partial charge is 0.387 e. The van der Waals surface area contributed by atoms with E-state index >= 15 is 0 Å². The number of nitrogens with one attached hydrogen (secondary N) is 1. The van der Waals surface area contributed by atoms with Crippen LogP contribution in [0.25, 0.3) is 10.9 Å². The van der Waals surface area contributed by atoms with Gasteiger partial charge in [-0.1, -0.05) is 34.8 Å². The second-order valence-electron chi connectivity index (χ2n) is 4.39. The van der Waals surface area contributed by atoms with Crippen molar-refractivity contribution in [1.82, 2.24) is 4.98 Å². The van der Waals surface area contributed by atoms with Crippen molar-refractivity contribution >= 4 is 51.4 Å². The van der Waals surface area contributed by atoms with Gasteiger partial charge in [-0.15, -0.1) is 0 Å². The Morgan fingerprint density at radius 3 is 2.67 bits per heavy atom. The van der Waals surface area contributed by atoms with Crippen LogP contribution in [0.3, 0.4) is 0 Å². The first-order valence-corrected chi connectivity index (χ1v) is 6.93. The molecule has 0 aliphatic heterocycles. The molecule has 0 spiro atoms. The Hall–Kier alpha value is -0.700. The van der Waals surface area contributed by atoms with Gasteiger partial charge >= 0.3 is 0 Å². The van der Waals surface area contributed by atoms with Crippen molar-refractivity contribution in [3.05, 3.63) is 32.4 Å². The molecular formula is C13H11Cl3N2. The van der Waals surface area contributed by atoms with Gasteiger partial charge in [0.15, 0.2) is 0 Å². The van der Waals surface area contributed by atoms with Crippen LogP contribution >= 0.6 is 34.8 Å². The number of pyridine rings is 1. The number of nitrogens with zero attached hydrogens (tertiary/aromatic N) is 1. The minimum absolute atomic E-state index is 0.463. The molecule has 1 aliphatic carbocycles. The zero-order valence-corrected chi connectivity index (χ0v) is 12.0. The molecule has 0 bridgehead atoms. The molecule has 0 atom stereocenters. The van der Waals surface area contributed by atoms with Crippen molar-refractivity contribution in [2.24, 2.45) is 0 Å². The topological polar surface area (TPSA) is 24.9 Å². The summed E-state index contributed by atoms with van der Waals surface area (Å²) in [5.41, 5.74) is 4.11. The number of rotatable bonds is 1. The van der Waals surface area contributed by atoms with Gasteiger partial charge in [0.2, 0.25) is 0 Å². The number of aromatic nitrogens is 1. The van der Waals surface area contributed by atoms with Gasteiger partial charge in [-0.25, -0.2) is 0 Å². The van der Waals surface area contributed by atoms with Crippen LogP contribution in [0.15, 0.2) is 6.07 Å². The lowest BCUT2D eigenvalue weighted by molar-refractivity contribution is 0.901. The van der Waals surface area contributed by atoms with Gasteiger partial charge < -0.3 is 5.32 Å². The molecule has 2 aromatic rings. The van der Waals surface area contributed by atoms with E-state index < -0.39 is 0 Å². The molecule has 2 nitrogen and oxygen atoms in total. The minimum atomic E-state index is 0.463. The Morgan fingerprint density at radius 2 is 1.94 bits per heavy atom. The lowest BCUT2D eigenvalue weighted by atomic mass is 10.1. The second kappa shape index (κ2) is 4.44. The summed E-state index contributed by atoms with van der Waals surface area (Å²) >= 11 is 18.6. The first-order valence-electron chi connectivity index (χ1n) is 5.80. The zero-order chi connectivity index (χ0) is 12.9. The normalized spacial score (nSPS) is 14.0. The lowest BCUT2D eigenvalue weighted by Crippen LogP contribution is -2.00. The average molecular weight is 302 g/mol. The maximum atomic E-state index is 6.31. The van der Waals surface area contributed by atoms with E-state index in [9.17, 15) is 0 Å². The van der Waals surface area contributed by atoms with Crippen LogP contribution in [-0.2, 0) is 12.8 Å². The van der Waals surface area contributed by atoms with E-state index in [0.29, 0.717) is 15.1 Å². The second-order valence-corrected chi connectivity index (χ2v) is 5.59. The highest BCUT2D eigenvalue weighted by atomic mass is 35.5. The number of anilines is 1. The predicted octanol–water partition coefficient (Wildman–Crippen LogP) is 4.73. The van der Waals surface area contributed by atoms with Crippen LogP contribution < -0.4 is 5.32 Å². The van der Waals surface area contributed by atoms with Crippen LogP contribution in [0.2, 0.25) is 15.1 Å². The van der Waals surface area contributed by atoms with Crippen molar-refractivity contribution in [2.75, 3.05) is 12.4 Å². The van der Waals surface area contributed by atoms with Crippen molar-refractivity contribution < 1.29 is 0 Å². The third kappa shape index (κ3) is 1.67. The van der Waals surface area contributed by atoms with Crippen molar-refractivity contribution in [3.8, 4) is 0 Å². The molecule has 0 saturated carbocycles. The summed E-state index contributed by atoms with van der Waals surface area (Å²) < 4.78 is 0. The maximum Gasteiger partial charge on any atom is 0.0928 e. The van der Waals surface area contributed by atoms with Gasteiger partial charge in [-0.3, -0.25) is 4.98 Å². The van der Waals surface area contributed by atoms with Gasteiger partial charge in [-0.2, -0.15) is 0 Å². The zero-order valence-electron chi connectivity index (χ0n) is 9.78. The van der Waals surface area contributed by atoms with E-state index in [1.165, 1.54) is 5.56 Å². The highest BCUT2D eigenvalue weighted by molar-refractivity contribution is 6.48. The number of benzene rings is 1. The summed E-state index contributed by atoms with van der Waals surface area (Å²) in [7, 11) is 1.89. The fourth-order valence-corrected chi connectivity index (χ4v) is 3.35. The Labute approximate surface area is 120 Å². The SMILES string of the molecule is CNc1c2c(nc3c(Cl)cc(Cl)c(Cl)c13)CCC2. The van der Waals surface area contributed by atoms with Gasteiger partial charge in [0.1, 0.15) is 0 Å². The Bertz CT molecular complexity index is 653. The molecule has 1 aromatic heterocycles. The van der Waals surface area contributed by atoms with Crippen LogP contribution in [0.4, 0.5) is 5.69 Å². The summed E-state index contributed by atoms with van der Waals surface area (Å²) in [6, 6.07) is 1.65. The molecule has 1 N–H and O–H groups in total. The van der Waals surface area contributed by atoms with Crippen LogP contribution in [-0.4, -0.2) is 12.0 Å². The molecule has 1 aromatic carbocycles. The number of hydrogen-bond donors (Lipinski definition) is 1. The molecule has 0 radical (unpaired) electrons. The minimum Gasteiger partial charge on any atom is -0.387 e. The van der Waals surface area contributed by atoms with Crippen LogP contribution in [0.5, 0.6) is 0 Å². The molecule has 1 heterocycles. The molecule has 5 heteroatoms. The van der Waals surface area contributed by atoms with Crippen LogP contribution in [0, 0.1) is 0 Å². The number of fused-ring (bicyclic) bond motifs is 2. The van der Waals surface area contributed by atoms with Crippen molar-refractivity contribution in [2.45, 2.75) is 19.3 Å². The van der Waals surface area contributed by atoms with Crippen molar-refractivity contribution in [1.29, 1.82) is 0 Å². The van der Waals surface area contributed by atoms with E-state index in [-0.39, 0.29) is 0 Å².